The van der Waals surface area contributed by atoms with Gasteiger partial charge in [-0.25, -0.2) is 0 Å². The van der Waals surface area contributed by atoms with Crippen molar-refractivity contribution in [1.82, 2.24) is 0 Å². The minimum absolute atomic E-state index is 0.415. The lowest BCUT2D eigenvalue weighted by atomic mass is 10.2. The van der Waals surface area contributed by atoms with Gasteiger partial charge in [0, 0.05) is 32.7 Å². The Kier molecular flexibility index (Phi) is 3.56. The molecule has 0 N–H and O–H groups in total. The van der Waals surface area contributed by atoms with Gasteiger partial charge in [-0.05, 0) is 12.1 Å². The molecule has 1 rings (SSSR count). The van der Waals surface area contributed by atoms with Crippen molar-refractivity contribution in [3.8, 4) is 0 Å². The lowest BCUT2D eigenvalue weighted by Crippen LogP contribution is -1.93. The van der Waals surface area contributed by atoms with E-state index >= 15 is 0 Å². The van der Waals surface area contributed by atoms with Crippen LogP contribution < -0.4 is 0 Å². The molecule has 0 aliphatic heterocycles. The van der Waals surface area contributed by atoms with Crippen molar-refractivity contribution in [3.63, 3.8) is 0 Å². The lowest BCUT2D eigenvalue weighted by Gasteiger charge is -2.03. The van der Waals surface area contributed by atoms with E-state index in [4.69, 9.17) is 23.2 Å². The number of rotatable bonds is 2. The highest BCUT2D eigenvalue weighted by atomic mass is 35.5. The van der Waals surface area contributed by atoms with Crippen molar-refractivity contribution in [2.24, 2.45) is 0 Å². The van der Waals surface area contributed by atoms with E-state index in [2.05, 4.69) is 0 Å². The molecule has 0 aliphatic rings. The molecule has 0 bridgehead atoms. The summed E-state index contributed by atoms with van der Waals surface area (Å²) in [5.74, 6) is 0.415. The predicted molar refractivity (Wildman–Crippen MR) is 54.2 cm³/mol. The van der Waals surface area contributed by atoms with Gasteiger partial charge in [-0.3, -0.25) is 4.21 Å². The Morgan fingerprint density at radius 1 is 1.33 bits per heavy atom. The van der Waals surface area contributed by atoms with Gasteiger partial charge >= 0.3 is 0 Å². The third kappa shape index (κ3) is 2.47. The number of benzene rings is 1. The smallest absolute Gasteiger partial charge is 0.0512 e. The van der Waals surface area contributed by atoms with Crippen molar-refractivity contribution in [2.75, 3.05) is 6.26 Å². The second kappa shape index (κ2) is 4.26. The Balaban J connectivity index is 3.04. The Hall–Kier alpha value is -0.0500. The Labute approximate surface area is 84.1 Å². The number of hydrogen-bond acceptors (Lipinski definition) is 1. The zero-order valence-electron chi connectivity index (χ0n) is 6.51. The summed E-state index contributed by atoms with van der Waals surface area (Å²) < 4.78 is 10.9. The average Bonchev–Trinajstić information content (AvgIpc) is 1.97. The topological polar surface area (TPSA) is 17.1 Å². The molecule has 0 saturated carbocycles. The first-order valence-corrected chi connectivity index (χ1v) is 5.82. The molecular weight excluding hydrogens is 215 g/mol. The fraction of sp³-hybridized carbons (Fsp3) is 0.250. The van der Waals surface area contributed by atoms with E-state index < -0.39 is 10.8 Å². The van der Waals surface area contributed by atoms with E-state index in [1.54, 1.807) is 24.5 Å². The van der Waals surface area contributed by atoms with Crippen LogP contribution in [0.25, 0.3) is 0 Å². The van der Waals surface area contributed by atoms with Crippen LogP contribution in [0.1, 0.15) is 5.56 Å². The maximum Gasteiger partial charge on any atom is 0.0512 e. The third-order valence-electron chi connectivity index (χ3n) is 1.41. The van der Waals surface area contributed by atoms with Crippen molar-refractivity contribution >= 4 is 34.0 Å². The van der Waals surface area contributed by atoms with Gasteiger partial charge in [0.15, 0.2) is 0 Å². The van der Waals surface area contributed by atoms with Gasteiger partial charge in [0.05, 0.1) is 5.75 Å². The SMILES string of the molecule is CS(=O)Cc1c(Cl)cccc1Cl. The normalized spacial score (nSPS) is 12.9. The van der Waals surface area contributed by atoms with Crippen LogP contribution in [0.4, 0.5) is 0 Å². The molecule has 1 aromatic rings. The minimum Gasteiger partial charge on any atom is -0.260 e. The average molecular weight is 223 g/mol. The zero-order chi connectivity index (χ0) is 9.14. The van der Waals surface area contributed by atoms with E-state index in [0.29, 0.717) is 15.8 Å². The molecule has 66 valence electrons. The molecule has 0 fully saturated rings. The fourth-order valence-corrected chi connectivity index (χ4v) is 2.28. The molecule has 1 aromatic carbocycles. The van der Waals surface area contributed by atoms with Crippen LogP contribution in [0.15, 0.2) is 18.2 Å². The summed E-state index contributed by atoms with van der Waals surface area (Å²) in [4.78, 5) is 0. The Bertz CT molecular complexity index is 292. The van der Waals surface area contributed by atoms with Crippen LogP contribution in [-0.2, 0) is 16.6 Å². The second-order valence-corrected chi connectivity index (χ2v) is 4.67. The Morgan fingerprint density at radius 2 is 1.83 bits per heavy atom. The summed E-state index contributed by atoms with van der Waals surface area (Å²) in [6, 6.07) is 5.26. The van der Waals surface area contributed by atoms with Crippen LogP contribution in [0.3, 0.4) is 0 Å². The zero-order valence-corrected chi connectivity index (χ0v) is 8.84. The first kappa shape index (κ1) is 10.0. The van der Waals surface area contributed by atoms with Gasteiger partial charge in [-0.1, -0.05) is 29.3 Å². The molecule has 0 saturated heterocycles. The summed E-state index contributed by atoms with van der Waals surface area (Å²) in [7, 11) is -0.906. The molecule has 1 unspecified atom stereocenters. The largest absolute Gasteiger partial charge is 0.260 e. The first-order chi connectivity index (χ1) is 5.61. The highest BCUT2D eigenvalue weighted by Crippen LogP contribution is 2.24. The highest BCUT2D eigenvalue weighted by Gasteiger charge is 2.05. The van der Waals surface area contributed by atoms with Crippen LogP contribution >= 0.6 is 23.2 Å². The van der Waals surface area contributed by atoms with Crippen LogP contribution in [-0.4, -0.2) is 10.5 Å². The maximum absolute atomic E-state index is 10.9. The van der Waals surface area contributed by atoms with Gasteiger partial charge in [0.25, 0.3) is 0 Å². The molecule has 0 radical (unpaired) electrons. The highest BCUT2D eigenvalue weighted by molar-refractivity contribution is 7.83. The van der Waals surface area contributed by atoms with E-state index in [1.165, 1.54) is 0 Å². The van der Waals surface area contributed by atoms with Gasteiger partial charge < -0.3 is 0 Å². The molecule has 1 nitrogen and oxygen atoms in total. The molecule has 0 aliphatic carbocycles. The van der Waals surface area contributed by atoms with E-state index in [0.717, 1.165) is 5.56 Å². The van der Waals surface area contributed by atoms with Gasteiger partial charge in [-0.2, -0.15) is 0 Å². The molecule has 1 atom stereocenters. The molecule has 0 amide bonds. The molecule has 0 spiro atoms. The first-order valence-electron chi connectivity index (χ1n) is 3.34. The van der Waals surface area contributed by atoms with Crippen molar-refractivity contribution < 1.29 is 4.21 Å². The molecular formula is C8H8Cl2OS. The van der Waals surface area contributed by atoms with Crippen LogP contribution in [0.5, 0.6) is 0 Å². The maximum atomic E-state index is 10.9. The fourth-order valence-electron chi connectivity index (χ4n) is 0.873. The predicted octanol–water partition coefficient (Wildman–Crippen LogP) is 2.87. The van der Waals surface area contributed by atoms with Crippen LogP contribution in [0, 0.1) is 0 Å². The molecule has 0 aromatic heterocycles. The van der Waals surface area contributed by atoms with Crippen molar-refractivity contribution in [2.45, 2.75) is 5.75 Å². The van der Waals surface area contributed by atoms with Crippen LogP contribution in [0.2, 0.25) is 10.0 Å². The van der Waals surface area contributed by atoms with E-state index in [1.807, 2.05) is 0 Å². The summed E-state index contributed by atoms with van der Waals surface area (Å²) in [5, 5.41) is 1.16. The monoisotopic (exact) mass is 222 g/mol. The van der Waals surface area contributed by atoms with E-state index in [-0.39, 0.29) is 0 Å². The molecule has 12 heavy (non-hydrogen) atoms. The van der Waals surface area contributed by atoms with Gasteiger partial charge in [0.1, 0.15) is 0 Å². The summed E-state index contributed by atoms with van der Waals surface area (Å²) in [6.45, 7) is 0. The Morgan fingerprint density at radius 3 is 2.25 bits per heavy atom. The van der Waals surface area contributed by atoms with Gasteiger partial charge in [0.2, 0.25) is 0 Å². The molecule has 4 heteroatoms. The summed E-state index contributed by atoms with van der Waals surface area (Å²) in [6.07, 6.45) is 1.62. The van der Waals surface area contributed by atoms with Crippen molar-refractivity contribution in [1.29, 1.82) is 0 Å². The standard InChI is InChI=1S/C8H8Cl2OS/c1-12(11)5-6-7(9)3-2-4-8(6)10/h2-4H,5H2,1H3. The quantitative estimate of drug-likeness (QED) is 0.753. The van der Waals surface area contributed by atoms with E-state index in [9.17, 15) is 4.21 Å². The number of hydrogen-bond donors (Lipinski definition) is 0. The van der Waals surface area contributed by atoms with Gasteiger partial charge in [-0.15, -0.1) is 0 Å². The second-order valence-electron chi connectivity index (χ2n) is 2.42. The lowest BCUT2D eigenvalue weighted by molar-refractivity contribution is 0.686. The summed E-state index contributed by atoms with van der Waals surface area (Å²) in [5.41, 5.74) is 0.765. The van der Waals surface area contributed by atoms with Crippen molar-refractivity contribution in [3.05, 3.63) is 33.8 Å². The minimum atomic E-state index is -0.906. The number of halogens is 2. The molecule has 0 heterocycles. The third-order valence-corrected chi connectivity index (χ3v) is 2.81. The summed E-state index contributed by atoms with van der Waals surface area (Å²) >= 11 is 11.7.